The van der Waals surface area contributed by atoms with Crippen LogP contribution in [0.4, 0.5) is 0 Å². The number of benzene rings is 1. The first kappa shape index (κ1) is 17.1. The van der Waals surface area contributed by atoms with E-state index in [-0.39, 0.29) is 11.8 Å². The molecule has 1 fully saturated rings. The maximum atomic E-state index is 12.1. The zero-order valence-electron chi connectivity index (χ0n) is 12.6. The number of hydrogen-bond acceptors (Lipinski definition) is 2. The molecule has 1 aromatic carbocycles. The fraction of sp³-hybridized carbons (Fsp3) is 0.500. The Morgan fingerprint density at radius 1 is 1.36 bits per heavy atom. The second kappa shape index (κ2) is 7.84. The van der Waals surface area contributed by atoms with Crippen molar-refractivity contribution in [3.8, 4) is 0 Å². The lowest BCUT2D eigenvalue weighted by molar-refractivity contribution is -0.132. The number of likely N-dealkylation sites (tertiary alicyclic amines) is 1. The highest BCUT2D eigenvalue weighted by Crippen LogP contribution is 2.22. The average molecular weight is 343 g/mol. The van der Waals surface area contributed by atoms with Gasteiger partial charge in [0.15, 0.2) is 0 Å². The van der Waals surface area contributed by atoms with Crippen LogP contribution < -0.4 is 0 Å². The average Bonchev–Trinajstić information content (AvgIpc) is 2.89. The number of hydrogen-bond donors (Lipinski definition) is 0. The first-order chi connectivity index (χ1) is 10.5. The minimum absolute atomic E-state index is 0.0534. The molecule has 0 N–H and O–H groups in total. The van der Waals surface area contributed by atoms with Crippen molar-refractivity contribution in [2.45, 2.75) is 25.7 Å². The van der Waals surface area contributed by atoms with E-state index < -0.39 is 0 Å². The smallest absolute Gasteiger partial charge is 0.222 e. The SMILES string of the molecule is CN(CCN1CCCC1=O)C(=O)CCc1ccc(Cl)cc1Cl. The summed E-state index contributed by atoms with van der Waals surface area (Å²) in [7, 11) is 1.77. The molecule has 1 aromatic rings. The Hall–Kier alpha value is -1.26. The molecule has 1 saturated heterocycles. The summed E-state index contributed by atoms with van der Waals surface area (Å²) in [6.45, 7) is 1.99. The van der Waals surface area contributed by atoms with Crippen molar-refractivity contribution in [2.75, 3.05) is 26.7 Å². The summed E-state index contributed by atoms with van der Waals surface area (Å²) in [6, 6.07) is 5.31. The Bertz CT molecular complexity index is 563. The van der Waals surface area contributed by atoms with E-state index in [1.807, 2.05) is 11.0 Å². The van der Waals surface area contributed by atoms with Crippen molar-refractivity contribution in [1.82, 2.24) is 9.80 Å². The van der Waals surface area contributed by atoms with E-state index in [0.29, 0.717) is 42.4 Å². The molecule has 0 saturated carbocycles. The molecule has 6 heteroatoms. The van der Waals surface area contributed by atoms with Crippen molar-refractivity contribution in [2.24, 2.45) is 0 Å². The molecule has 0 unspecified atom stereocenters. The standard InChI is InChI=1S/C16H20Cl2N2O2/c1-19(9-10-20-8-2-3-16(20)22)15(21)7-5-12-4-6-13(17)11-14(12)18/h4,6,11H,2-3,5,7-10H2,1H3. The molecule has 0 aliphatic carbocycles. The number of aryl methyl sites for hydroxylation is 1. The number of halogens is 2. The van der Waals surface area contributed by atoms with Crippen molar-refractivity contribution >= 4 is 35.0 Å². The molecule has 1 heterocycles. The van der Waals surface area contributed by atoms with Crippen LogP contribution in [0, 0.1) is 0 Å². The van der Waals surface area contributed by atoms with Gasteiger partial charge >= 0.3 is 0 Å². The minimum Gasteiger partial charge on any atom is -0.344 e. The van der Waals surface area contributed by atoms with E-state index in [4.69, 9.17) is 23.2 Å². The lowest BCUT2D eigenvalue weighted by Gasteiger charge is -2.22. The van der Waals surface area contributed by atoms with Crippen molar-refractivity contribution in [3.63, 3.8) is 0 Å². The summed E-state index contributed by atoms with van der Waals surface area (Å²) in [5, 5.41) is 1.18. The van der Waals surface area contributed by atoms with Crippen LogP contribution in [0.25, 0.3) is 0 Å². The quantitative estimate of drug-likeness (QED) is 0.797. The first-order valence-corrected chi connectivity index (χ1v) is 8.18. The monoisotopic (exact) mass is 342 g/mol. The molecule has 0 spiro atoms. The molecular formula is C16H20Cl2N2O2. The van der Waals surface area contributed by atoms with Gasteiger partial charge in [-0.25, -0.2) is 0 Å². The number of likely N-dealkylation sites (N-methyl/N-ethyl adjacent to an activating group) is 1. The van der Waals surface area contributed by atoms with Gasteiger partial charge in [0.1, 0.15) is 0 Å². The van der Waals surface area contributed by atoms with Crippen LogP contribution in [0.2, 0.25) is 10.0 Å². The summed E-state index contributed by atoms with van der Waals surface area (Å²) in [5.41, 5.74) is 0.919. The molecule has 0 atom stereocenters. The van der Waals surface area contributed by atoms with Gasteiger partial charge in [0.2, 0.25) is 11.8 Å². The lowest BCUT2D eigenvalue weighted by Crippen LogP contribution is -2.36. The van der Waals surface area contributed by atoms with Crippen molar-refractivity contribution < 1.29 is 9.59 Å². The fourth-order valence-electron chi connectivity index (χ4n) is 2.49. The zero-order chi connectivity index (χ0) is 16.1. The van der Waals surface area contributed by atoms with Crippen LogP contribution in [0.5, 0.6) is 0 Å². The van der Waals surface area contributed by atoms with E-state index in [1.165, 1.54) is 0 Å². The summed E-state index contributed by atoms with van der Waals surface area (Å²) < 4.78 is 0. The van der Waals surface area contributed by atoms with Gasteiger partial charge in [-0.3, -0.25) is 9.59 Å². The molecule has 22 heavy (non-hydrogen) atoms. The van der Waals surface area contributed by atoms with Gasteiger partial charge in [-0.05, 0) is 30.5 Å². The van der Waals surface area contributed by atoms with Gasteiger partial charge in [-0.2, -0.15) is 0 Å². The molecule has 4 nitrogen and oxygen atoms in total. The molecule has 1 aliphatic heterocycles. The molecule has 0 bridgehead atoms. The second-order valence-corrected chi connectivity index (χ2v) is 6.38. The van der Waals surface area contributed by atoms with E-state index in [9.17, 15) is 9.59 Å². The highest BCUT2D eigenvalue weighted by atomic mass is 35.5. The molecule has 2 rings (SSSR count). The summed E-state index contributed by atoms with van der Waals surface area (Å²) in [6.07, 6.45) is 2.53. The number of carbonyl (C=O) groups excluding carboxylic acids is 2. The number of nitrogens with zero attached hydrogens (tertiary/aromatic N) is 2. The van der Waals surface area contributed by atoms with E-state index in [2.05, 4.69) is 0 Å². The Kier molecular flexibility index (Phi) is 6.09. The van der Waals surface area contributed by atoms with E-state index in [0.717, 1.165) is 18.5 Å². The van der Waals surface area contributed by atoms with Gasteiger partial charge in [0.25, 0.3) is 0 Å². The first-order valence-electron chi connectivity index (χ1n) is 7.43. The normalized spacial score (nSPS) is 14.5. The van der Waals surface area contributed by atoms with E-state index in [1.54, 1.807) is 24.1 Å². The predicted molar refractivity (Wildman–Crippen MR) is 88.2 cm³/mol. The van der Waals surface area contributed by atoms with Crippen LogP contribution in [0.15, 0.2) is 18.2 Å². The van der Waals surface area contributed by atoms with Crippen LogP contribution in [0.1, 0.15) is 24.8 Å². The molecule has 120 valence electrons. The fourth-order valence-corrected chi connectivity index (χ4v) is 3.00. The number of rotatable bonds is 6. The highest BCUT2D eigenvalue weighted by Gasteiger charge is 2.20. The number of amides is 2. The van der Waals surface area contributed by atoms with Crippen molar-refractivity contribution in [3.05, 3.63) is 33.8 Å². The Labute approximate surface area is 141 Å². The lowest BCUT2D eigenvalue weighted by atomic mass is 10.1. The van der Waals surface area contributed by atoms with Crippen LogP contribution in [0.3, 0.4) is 0 Å². The van der Waals surface area contributed by atoms with Crippen LogP contribution >= 0.6 is 23.2 Å². The minimum atomic E-state index is 0.0534. The van der Waals surface area contributed by atoms with Gasteiger partial charge in [-0.1, -0.05) is 29.3 Å². The summed E-state index contributed by atoms with van der Waals surface area (Å²) in [5.74, 6) is 0.242. The van der Waals surface area contributed by atoms with Crippen LogP contribution in [-0.2, 0) is 16.0 Å². The summed E-state index contributed by atoms with van der Waals surface area (Å²) in [4.78, 5) is 27.2. The largest absolute Gasteiger partial charge is 0.344 e. The molecule has 0 radical (unpaired) electrons. The molecule has 1 aliphatic rings. The van der Waals surface area contributed by atoms with Gasteiger partial charge < -0.3 is 9.80 Å². The Balaban J connectivity index is 1.77. The molecule has 0 aromatic heterocycles. The molecular weight excluding hydrogens is 323 g/mol. The highest BCUT2D eigenvalue weighted by molar-refractivity contribution is 6.35. The topological polar surface area (TPSA) is 40.6 Å². The Morgan fingerprint density at radius 3 is 2.77 bits per heavy atom. The van der Waals surface area contributed by atoms with Crippen LogP contribution in [-0.4, -0.2) is 48.3 Å². The second-order valence-electron chi connectivity index (χ2n) is 5.54. The summed E-state index contributed by atoms with van der Waals surface area (Å²) >= 11 is 12.0. The van der Waals surface area contributed by atoms with Gasteiger partial charge in [0, 0.05) is 49.6 Å². The maximum Gasteiger partial charge on any atom is 0.222 e. The Morgan fingerprint density at radius 2 is 2.14 bits per heavy atom. The third-order valence-electron chi connectivity index (χ3n) is 3.93. The third kappa shape index (κ3) is 4.62. The molecule has 2 amide bonds. The van der Waals surface area contributed by atoms with E-state index >= 15 is 0 Å². The predicted octanol–water partition coefficient (Wildman–Crippen LogP) is 3.01. The zero-order valence-corrected chi connectivity index (χ0v) is 14.2. The number of carbonyl (C=O) groups is 2. The van der Waals surface area contributed by atoms with Gasteiger partial charge in [-0.15, -0.1) is 0 Å². The van der Waals surface area contributed by atoms with Crippen molar-refractivity contribution in [1.29, 1.82) is 0 Å². The third-order valence-corrected chi connectivity index (χ3v) is 4.51. The maximum absolute atomic E-state index is 12.1. The van der Waals surface area contributed by atoms with Gasteiger partial charge in [0.05, 0.1) is 0 Å².